The fourth-order valence-corrected chi connectivity index (χ4v) is 4.38. The van der Waals surface area contributed by atoms with Crippen LogP contribution >= 0.6 is 11.6 Å². The first kappa shape index (κ1) is 21.3. The number of benzene rings is 1. The third-order valence-electron chi connectivity index (χ3n) is 6.06. The molecule has 0 radical (unpaired) electrons. The zero-order valence-corrected chi connectivity index (χ0v) is 19.3. The minimum Gasteiger partial charge on any atom is -0.494 e. The largest absolute Gasteiger partial charge is 0.494 e. The molecule has 1 aliphatic heterocycles. The van der Waals surface area contributed by atoms with Gasteiger partial charge in [0, 0.05) is 44.0 Å². The Kier molecular flexibility index (Phi) is 5.43. The highest BCUT2D eigenvalue weighted by Crippen LogP contribution is 2.44. The molecule has 170 valence electrons. The lowest BCUT2D eigenvalue weighted by Gasteiger charge is -2.35. The van der Waals surface area contributed by atoms with Crippen LogP contribution < -0.4 is 21.1 Å². The molecule has 33 heavy (non-hydrogen) atoms. The number of pyridine rings is 1. The van der Waals surface area contributed by atoms with Gasteiger partial charge in [0.25, 0.3) is 0 Å². The second-order valence-electron chi connectivity index (χ2n) is 8.07. The van der Waals surface area contributed by atoms with Gasteiger partial charge >= 0.3 is 0 Å². The third-order valence-corrected chi connectivity index (χ3v) is 6.34. The molecular formula is C23H25ClN8O. The molecular weight excluding hydrogens is 440 g/mol. The zero-order chi connectivity index (χ0) is 23.1. The van der Waals surface area contributed by atoms with Crippen LogP contribution in [0.1, 0.15) is 0 Å². The van der Waals surface area contributed by atoms with E-state index in [2.05, 4.69) is 26.9 Å². The fraction of sp³-hybridized carbons (Fsp3) is 0.261. The molecule has 10 heteroatoms. The van der Waals surface area contributed by atoms with Crippen molar-refractivity contribution in [2.24, 2.45) is 0 Å². The van der Waals surface area contributed by atoms with E-state index < -0.39 is 0 Å². The van der Waals surface area contributed by atoms with E-state index in [1.54, 1.807) is 24.0 Å². The van der Waals surface area contributed by atoms with Crippen molar-refractivity contribution in [2.45, 2.75) is 0 Å². The van der Waals surface area contributed by atoms with E-state index in [0.29, 0.717) is 39.2 Å². The van der Waals surface area contributed by atoms with E-state index in [-0.39, 0.29) is 0 Å². The molecule has 4 aromatic rings. The molecule has 9 nitrogen and oxygen atoms in total. The number of likely N-dealkylation sites (N-methyl/N-ethyl adjacent to an activating group) is 1. The van der Waals surface area contributed by atoms with Crippen LogP contribution in [-0.4, -0.2) is 64.8 Å². The summed E-state index contributed by atoms with van der Waals surface area (Å²) < 4.78 is 7.36. The number of fused-ring (bicyclic) bond motifs is 1. The highest BCUT2D eigenvalue weighted by molar-refractivity contribution is 6.33. The Bertz CT molecular complexity index is 1330. The van der Waals surface area contributed by atoms with Crippen molar-refractivity contribution in [3.63, 3.8) is 0 Å². The van der Waals surface area contributed by atoms with Crippen LogP contribution in [0.4, 0.5) is 17.1 Å². The molecule has 5 rings (SSSR count). The number of ether oxygens (including phenoxy) is 1. The number of piperazine rings is 1. The second-order valence-corrected chi connectivity index (χ2v) is 8.48. The summed E-state index contributed by atoms with van der Waals surface area (Å²) in [6.45, 7) is 3.58. The van der Waals surface area contributed by atoms with Crippen LogP contribution in [0.25, 0.3) is 28.2 Å². The number of rotatable bonds is 4. The van der Waals surface area contributed by atoms with Crippen molar-refractivity contribution < 1.29 is 4.74 Å². The van der Waals surface area contributed by atoms with Crippen molar-refractivity contribution >= 4 is 34.2 Å². The highest BCUT2D eigenvalue weighted by atomic mass is 35.5. The number of halogens is 1. The van der Waals surface area contributed by atoms with E-state index in [0.717, 1.165) is 42.9 Å². The summed E-state index contributed by atoms with van der Waals surface area (Å²) in [5.74, 6) is 0.915. The molecule has 1 fully saturated rings. The van der Waals surface area contributed by atoms with Crippen molar-refractivity contribution in [3.8, 4) is 28.4 Å². The molecule has 0 saturated carbocycles. The van der Waals surface area contributed by atoms with Crippen LogP contribution in [-0.2, 0) is 0 Å². The van der Waals surface area contributed by atoms with Crippen LogP contribution in [0.15, 0.2) is 42.9 Å². The Morgan fingerprint density at radius 1 is 1.06 bits per heavy atom. The van der Waals surface area contributed by atoms with Gasteiger partial charge in [-0.05, 0) is 19.2 Å². The molecule has 3 aromatic heterocycles. The second kappa shape index (κ2) is 8.42. The fourth-order valence-electron chi connectivity index (χ4n) is 4.19. The van der Waals surface area contributed by atoms with Gasteiger partial charge < -0.3 is 26.0 Å². The number of hydrogen-bond acceptors (Lipinski definition) is 8. The summed E-state index contributed by atoms with van der Waals surface area (Å²) in [6, 6.07) is 7.70. The van der Waals surface area contributed by atoms with E-state index in [1.807, 2.05) is 30.5 Å². The topological polar surface area (TPSA) is 111 Å². The Labute approximate surface area is 196 Å². The van der Waals surface area contributed by atoms with Crippen molar-refractivity contribution in [2.75, 3.05) is 56.7 Å². The average molecular weight is 465 g/mol. The number of hydrogen-bond donors (Lipinski definition) is 2. The monoisotopic (exact) mass is 464 g/mol. The molecule has 0 amide bonds. The summed E-state index contributed by atoms with van der Waals surface area (Å²) in [5, 5.41) is 4.81. The number of nitrogen functional groups attached to an aromatic ring is 2. The molecule has 0 spiro atoms. The standard InChI is InChI=1S/C23H25ClN8O/c1-30-7-9-31(10-8-30)17-11-18(33-2)21(26)19(20(17)25)23-27-13-15(24)22(29-23)14-12-28-32-6-4-3-5-16(14)32/h3-6,11-13H,7-10,25-26H2,1-2H3. The Balaban J connectivity index is 1.66. The van der Waals surface area contributed by atoms with Gasteiger partial charge in [0.1, 0.15) is 5.75 Å². The maximum atomic E-state index is 6.68. The van der Waals surface area contributed by atoms with Gasteiger partial charge in [-0.15, -0.1) is 0 Å². The predicted molar refractivity (Wildman–Crippen MR) is 132 cm³/mol. The summed E-state index contributed by atoms with van der Waals surface area (Å²) in [7, 11) is 3.70. The lowest BCUT2D eigenvalue weighted by molar-refractivity contribution is 0.313. The Morgan fingerprint density at radius 2 is 1.85 bits per heavy atom. The maximum absolute atomic E-state index is 6.68. The molecule has 0 aliphatic carbocycles. The molecule has 1 aliphatic rings. The van der Waals surface area contributed by atoms with E-state index in [9.17, 15) is 0 Å². The summed E-state index contributed by atoms with van der Waals surface area (Å²) >= 11 is 6.52. The van der Waals surface area contributed by atoms with Gasteiger partial charge in [0.2, 0.25) is 0 Å². The predicted octanol–water partition coefficient (Wildman–Crippen LogP) is 3.04. The van der Waals surface area contributed by atoms with Gasteiger partial charge in [0.15, 0.2) is 5.82 Å². The van der Waals surface area contributed by atoms with Gasteiger partial charge in [-0.3, -0.25) is 0 Å². The number of aromatic nitrogens is 4. The summed E-state index contributed by atoms with van der Waals surface area (Å²) in [6.07, 6.45) is 5.18. The van der Waals surface area contributed by atoms with E-state index in [4.69, 9.17) is 32.8 Å². The normalized spacial score (nSPS) is 14.7. The molecule has 0 atom stereocenters. The van der Waals surface area contributed by atoms with Crippen molar-refractivity contribution in [1.82, 2.24) is 24.5 Å². The maximum Gasteiger partial charge on any atom is 0.164 e. The first-order valence-electron chi connectivity index (χ1n) is 10.6. The Hall–Kier alpha value is -3.56. The molecule has 0 unspecified atom stereocenters. The number of methoxy groups -OCH3 is 1. The van der Waals surface area contributed by atoms with Gasteiger partial charge in [-0.1, -0.05) is 17.7 Å². The smallest absolute Gasteiger partial charge is 0.164 e. The van der Waals surface area contributed by atoms with Crippen LogP contribution in [0.3, 0.4) is 0 Å². The van der Waals surface area contributed by atoms with Gasteiger partial charge in [-0.25, -0.2) is 14.5 Å². The SMILES string of the molecule is COc1cc(N2CCN(C)CC2)c(N)c(-c2ncc(Cl)c(-c3cnn4ccccc34)n2)c1N. The van der Waals surface area contributed by atoms with Crippen LogP contribution in [0.5, 0.6) is 5.75 Å². The van der Waals surface area contributed by atoms with Gasteiger partial charge in [-0.2, -0.15) is 5.10 Å². The van der Waals surface area contributed by atoms with E-state index >= 15 is 0 Å². The van der Waals surface area contributed by atoms with Crippen molar-refractivity contribution in [3.05, 3.63) is 47.9 Å². The third kappa shape index (κ3) is 3.69. The number of anilines is 3. The molecule has 1 saturated heterocycles. The van der Waals surface area contributed by atoms with E-state index in [1.165, 1.54) is 0 Å². The first-order chi connectivity index (χ1) is 16.0. The molecule has 1 aromatic carbocycles. The first-order valence-corrected chi connectivity index (χ1v) is 11.0. The zero-order valence-electron chi connectivity index (χ0n) is 18.5. The van der Waals surface area contributed by atoms with Crippen LogP contribution in [0, 0.1) is 0 Å². The lowest BCUT2D eigenvalue weighted by atomic mass is 10.0. The molecule has 0 bridgehead atoms. The molecule has 4 heterocycles. The van der Waals surface area contributed by atoms with Gasteiger partial charge in [0.05, 0.1) is 58.4 Å². The average Bonchev–Trinajstić information content (AvgIpc) is 3.25. The highest BCUT2D eigenvalue weighted by Gasteiger charge is 2.25. The number of nitrogens with zero attached hydrogens (tertiary/aromatic N) is 6. The molecule has 4 N–H and O–H groups in total. The van der Waals surface area contributed by atoms with Crippen molar-refractivity contribution in [1.29, 1.82) is 0 Å². The Morgan fingerprint density at radius 3 is 2.61 bits per heavy atom. The minimum atomic E-state index is 0.383. The summed E-state index contributed by atoms with van der Waals surface area (Å²) in [5.41, 5.74) is 17.7. The lowest BCUT2D eigenvalue weighted by Crippen LogP contribution is -2.44. The summed E-state index contributed by atoms with van der Waals surface area (Å²) in [4.78, 5) is 13.8. The number of nitrogens with two attached hydrogens (primary N) is 2. The quantitative estimate of drug-likeness (QED) is 0.443. The minimum absolute atomic E-state index is 0.383. The van der Waals surface area contributed by atoms with Crippen LogP contribution in [0.2, 0.25) is 5.02 Å².